The van der Waals surface area contributed by atoms with Gasteiger partial charge in [0, 0.05) is 43.8 Å². The van der Waals surface area contributed by atoms with Crippen LogP contribution < -0.4 is 10.2 Å². The highest BCUT2D eigenvalue weighted by Gasteiger charge is 2.28. The molecule has 0 spiro atoms. The second-order valence-corrected chi connectivity index (χ2v) is 9.00. The van der Waals surface area contributed by atoms with E-state index in [1.165, 1.54) is 6.07 Å². The number of aryl methyl sites for hydroxylation is 2. The van der Waals surface area contributed by atoms with Crippen LogP contribution in [0.1, 0.15) is 42.6 Å². The van der Waals surface area contributed by atoms with Crippen molar-refractivity contribution < 1.29 is 13.7 Å². The normalized spacial score (nSPS) is 18.2. The molecule has 8 heteroatoms. The van der Waals surface area contributed by atoms with Gasteiger partial charge in [-0.2, -0.15) is 4.98 Å². The Bertz CT molecular complexity index is 1160. The summed E-state index contributed by atoms with van der Waals surface area (Å²) < 4.78 is 26.1. The Balaban J connectivity index is 1.49. The van der Waals surface area contributed by atoms with Gasteiger partial charge < -0.3 is 19.5 Å². The van der Waals surface area contributed by atoms with Crippen molar-refractivity contribution in [1.29, 1.82) is 0 Å². The third kappa shape index (κ3) is 4.37. The van der Waals surface area contributed by atoms with Gasteiger partial charge in [-0.1, -0.05) is 17.8 Å². The molecule has 2 aliphatic heterocycles. The van der Waals surface area contributed by atoms with Crippen LogP contribution in [0.25, 0.3) is 28.4 Å². The van der Waals surface area contributed by atoms with E-state index in [-0.39, 0.29) is 5.82 Å². The van der Waals surface area contributed by atoms with Gasteiger partial charge in [0.15, 0.2) is 5.82 Å². The summed E-state index contributed by atoms with van der Waals surface area (Å²) in [5, 5.41) is 8.52. The molecule has 2 aromatic heterocycles. The molecule has 0 amide bonds. The fourth-order valence-electron chi connectivity index (χ4n) is 4.94. The Morgan fingerprint density at radius 3 is 2.48 bits per heavy atom. The molecule has 5 rings (SSSR count). The molecule has 1 N–H and O–H groups in total. The minimum atomic E-state index is -0.351. The number of ether oxygens (including phenoxy) is 1. The SMILES string of the molecule is C=Cc1cc(F)c2nc(N3CCC(NC4CCOCC4)CC3)c(-c3nc(C)no3)c(C)c2c1. The maximum Gasteiger partial charge on any atom is 0.261 e. The summed E-state index contributed by atoms with van der Waals surface area (Å²) in [5.74, 6) is 1.33. The van der Waals surface area contributed by atoms with Crippen LogP contribution in [-0.4, -0.2) is 53.5 Å². The summed E-state index contributed by atoms with van der Waals surface area (Å²) in [5.41, 5.74) is 2.73. The van der Waals surface area contributed by atoms with Crippen LogP contribution in [0.4, 0.5) is 10.2 Å². The Labute approximate surface area is 193 Å². The van der Waals surface area contributed by atoms with Crippen LogP contribution in [0.5, 0.6) is 0 Å². The van der Waals surface area contributed by atoms with E-state index in [4.69, 9.17) is 14.2 Å². The molecule has 0 saturated carbocycles. The van der Waals surface area contributed by atoms with Gasteiger partial charge in [0.2, 0.25) is 0 Å². The standard InChI is InChI=1S/C25H30FN5O2/c1-4-17-13-20-15(2)22(25-27-16(3)30-33-25)24(29-23(20)21(26)14-17)31-9-5-18(6-10-31)28-19-7-11-32-12-8-19/h4,13-14,18-19,28H,1,5-12H2,2-3H3. The van der Waals surface area contributed by atoms with Crippen LogP contribution in [-0.2, 0) is 4.74 Å². The first-order chi connectivity index (χ1) is 16.0. The Morgan fingerprint density at radius 2 is 1.82 bits per heavy atom. The Kier molecular flexibility index (Phi) is 6.12. The monoisotopic (exact) mass is 451 g/mol. The average Bonchev–Trinajstić information content (AvgIpc) is 3.26. The van der Waals surface area contributed by atoms with E-state index in [0.29, 0.717) is 40.7 Å². The zero-order chi connectivity index (χ0) is 22.9. The van der Waals surface area contributed by atoms with Gasteiger partial charge in [-0.3, -0.25) is 0 Å². The largest absolute Gasteiger partial charge is 0.381 e. The molecule has 0 atom stereocenters. The fraction of sp³-hybridized carbons (Fsp3) is 0.480. The number of fused-ring (bicyclic) bond motifs is 1. The quantitative estimate of drug-likeness (QED) is 0.615. The molecular weight excluding hydrogens is 421 g/mol. The van der Waals surface area contributed by atoms with Crippen molar-refractivity contribution in [1.82, 2.24) is 20.4 Å². The molecule has 174 valence electrons. The minimum Gasteiger partial charge on any atom is -0.381 e. The highest BCUT2D eigenvalue weighted by atomic mass is 19.1. The molecule has 1 aromatic carbocycles. The molecule has 33 heavy (non-hydrogen) atoms. The number of benzene rings is 1. The van der Waals surface area contributed by atoms with E-state index < -0.39 is 0 Å². The lowest BCUT2D eigenvalue weighted by atomic mass is 9.98. The molecule has 2 saturated heterocycles. The van der Waals surface area contributed by atoms with Gasteiger partial charge in [-0.05, 0) is 62.8 Å². The van der Waals surface area contributed by atoms with Crippen molar-refractivity contribution in [3.63, 3.8) is 0 Å². The molecule has 3 aromatic rings. The molecule has 0 radical (unpaired) electrons. The molecule has 0 aliphatic carbocycles. The van der Waals surface area contributed by atoms with Gasteiger partial charge >= 0.3 is 0 Å². The second kappa shape index (κ2) is 9.19. The fourth-order valence-corrected chi connectivity index (χ4v) is 4.94. The number of nitrogens with one attached hydrogen (secondary N) is 1. The zero-order valence-electron chi connectivity index (χ0n) is 19.2. The van der Waals surface area contributed by atoms with E-state index in [1.54, 1.807) is 13.0 Å². The van der Waals surface area contributed by atoms with Crippen LogP contribution in [0.15, 0.2) is 23.2 Å². The van der Waals surface area contributed by atoms with Crippen molar-refractivity contribution >= 4 is 22.8 Å². The second-order valence-electron chi connectivity index (χ2n) is 9.00. The summed E-state index contributed by atoms with van der Waals surface area (Å²) >= 11 is 0. The lowest BCUT2D eigenvalue weighted by molar-refractivity contribution is 0.0738. The molecular formula is C25H30FN5O2. The van der Waals surface area contributed by atoms with E-state index >= 15 is 4.39 Å². The summed E-state index contributed by atoms with van der Waals surface area (Å²) in [6.07, 6.45) is 5.77. The van der Waals surface area contributed by atoms with Crippen molar-refractivity contribution in [2.45, 2.75) is 51.6 Å². The van der Waals surface area contributed by atoms with Crippen molar-refractivity contribution in [3.8, 4) is 11.5 Å². The number of anilines is 1. The summed E-state index contributed by atoms with van der Waals surface area (Å²) in [6, 6.07) is 4.38. The minimum absolute atomic E-state index is 0.351. The predicted octanol–water partition coefficient (Wildman–Crippen LogP) is 4.42. The van der Waals surface area contributed by atoms with Gasteiger partial charge in [0.1, 0.15) is 17.2 Å². The summed E-state index contributed by atoms with van der Waals surface area (Å²) in [6.45, 7) is 10.9. The molecule has 7 nitrogen and oxygen atoms in total. The number of piperidine rings is 1. The van der Waals surface area contributed by atoms with Gasteiger partial charge in [-0.25, -0.2) is 9.37 Å². The first-order valence-electron chi connectivity index (χ1n) is 11.7. The number of pyridine rings is 1. The molecule has 4 heterocycles. The lowest BCUT2D eigenvalue weighted by Crippen LogP contribution is -2.48. The van der Waals surface area contributed by atoms with Crippen LogP contribution in [0.3, 0.4) is 0 Å². The number of hydrogen-bond donors (Lipinski definition) is 1. The first kappa shape index (κ1) is 22.0. The third-order valence-corrected chi connectivity index (χ3v) is 6.77. The van der Waals surface area contributed by atoms with E-state index in [1.807, 2.05) is 13.0 Å². The van der Waals surface area contributed by atoms with E-state index in [0.717, 1.165) is 68.5 Å². The number of rotatable bonds is 5. The van der Waals surface area contributed by atoms with Gasteiger partial charge in [-0.15, -0.1) is 0 Å². The van der Waals surface area contributed by atoms with E-state index in [2.05, 4.69) is 26.9 Å². The smallest absolute Gasteiger partial charge is 0.261 e. The van der Waals surface area contributed by atoms with E-state index in [9.17, 15) is 0 Å². The summed E-state index contributed by atoms with van der Waals surface area (Å²) in [7, 11) is 0. The van der Waals surface area contributed by atoms with Crippen LogP contribution >= 0.6 is 0 Å². The molecule has 2 fully saturated rings. The highest BCUT2D eigenvalue weighted by molar-refractivity contribution is 5.93. The zero-order valence-corrected chi connectivity index (χ0v) is 19.2. The molecule has 2 aliphatic rings. The van der Waals surface area contributed by atoms with Crippen molar-refractivity contribution in [2.24, 2.45) is 0 Å². The van der Waals surface area contributed by atoms with Crippen LogP contribution in [0, 0.1) is 19.7 Å². The number of hydrogen-bond acceptors (Lipinski definition) is 7. The number of nitrogens with zero attached hydrogens (tertiary/aromatic N) is 4. The first-order valence-corrected chi connectivity index (χ1v) is 11.7. The molecule has 0 bridgehead atoms. The average molecular weight is 452 g/mol. The van der Waals surface area contributed by atoms with Crippen molar-refractivity contribution in [2.75, 3.05) is 31.2 Å². The van der Waals surface area contributed by atoms with Gasteiger partial charge in [0.25, 0.3) is 5.89 Å². The number of halogens is 1. The third-order valence-electron chi connectivity index (χ3n) is 6.77. The Hall–Kier alpha value is -2.84. The lowest BCUT2D eigenvalue weighted by Gasteiger charge is -2.37. The van der Waals surface area contributed by atoms with Gasteiger partial charge in [0.05, 0.1) is 5.56 Å². The maximum absolute atomic E-state index is 15.0. The summed E-state index contributed by atoms with van der Waals surface area (Å²) in [4.78, 5) is 11.5. The maximum atomic E-state index is 15.0. The Morgan fingerprint density at radius 1 is 1.09 bits per heavy atom. The molecule has 0 unspecified atom stereocenters. The number of aromatic nitrogens is 3. The topological polar surface area (TPSA) is 76.3 Å². The van der Waals surface area contributed by atoms with Crippen LogP contribution in [0.2, 0.25) is 0 Å². The van der Waals surface area contributed by atoms with Crippen molar-refractivity contribution in [3.05, 3.63) is 41.5 Å². The highest BCUT2D eigenvalue weighted by Crippen LogP contribution is 2.38. The predicted molar refractivity (Wildman–Crippen MR) is 127 cm³/mol.